The molecule has 0 aliphatic heterocycles. The number of hydrogen-bond donors (Lipinski definition) is 0. The average molecular weight is 256 g/mol. The van der Waals surface area contributed by atoms with E-state index in [2.05, 4.69) is 25.8 Å². The molecule has 1 atom stereocenters. The van der Waals surface area contributed by atoms with Crippen LogP contribution in [0.1, 0.15) is 43.5 Å². The van der Waals surface area contributed by atoms with E-state index in [0.29, 0.717) is 24.3 Å². The van der Waals surface area contributed by atoms with Gasteiger partial charge in [0.05, 0.1) is 12.5 Å². The van der Waals surface area contributed by atoms with E-state index in [1.54, 1.807) is 0 Å². The van der Waals surface area contributed by atoms with Gasteiger partial charge in [-0.3, -0.25) is 0 Å². The smallest absolute Gasteiger partial charge is 0.218 e. The van der Waals surface area contributed by atoms with E-state index in [1.165, 1.54) is 12.8 Å². The Morgan fingerprint density at radius 2 is 2.12 bits per heavy atom. The summed E-state index contributed by atoms with van der Waals surface area (Å²) < 4.78 is 5.81. The van der Waals surface area contributed by atoms with E-state index < -0.39 is 0 Å². The Bertz CT molecular complexity index is 365. The molecule has 0 fully saturated rings. The van der Waals surface area contributed by atoms with Gasteiger partial charge in [0, 0.05) is 11.3 Å². The van der Waals surface area contributed by atoms with Crippen LogP contribution in [0.25, 0.3) is 0 Å². The van der Waals surface area contributed by atoms with Crippen molar-refractivity contribution in [3.8, 4) is 5.88 Å². The van der Waals surface area contributed by atoms with Crippen LogP contribution in [0.15, 0.2) is 6.07 Å². The maximum atomic E-state index is 5.95. The number of ether oxygens (including phenoxy) is 1. The van der Waals surface area contributed by atoms with Crippen molar-refractivity contribution < 1.29 is 4.74 Å². The van der Waals surface area contributed by atoms with Crippen molar-refractivity contribution >= 4 is 11.6 Å². The molecule has 1 unspecified atom stereocenters. The lowest BCUT2D eigenvalue weighted by molar-refractivity contribution is 0.241. The molecule has 2 nitrogen and oxygen atoms in total. The van der Waals surface area contributed by atoms with Gasteiger partial charge in [0.1, 0.15) is 0 Å². The molecule has 0 aromatic carbocycles. The summed E-state index contributed by atoms with van der Waals surface area (Å²) in [5, 5.41) is 0. The molecule has 0 N–H and O–H groups in total. The van der Waals surface area contributed by atoms with Gasteiger partial charge in [-0.1, -0.05) is 20.3 Å². The van der Waals surface area contributed by atoms with Crippen molar-refractivity contribution in [1.29, 1.82) is 0 Å². The Morgan fingerprint density at radius 3 is 2.71 bits per heavy atom. The van der Waals surface area contributed by atoms with E-state index in [0.717, 1.165) is 16.8 Å². The number of halogens is 1. The Hall–Kier alpha value is -0.760. The van der Waals surface area contributed by atoms with Crippen molar-refractivity contribution in [1.82, 2.24) is 4.98 Å². The molecule has 0 bridgehead atoms. The van der Waals surface area contributed by atoms with Crippen LogP contribution in [0.3, 0.4) is 0 Å². The standard InChI is InChI=1S/C14H22ClNO/c1-5-6-10(2)9-17-14-13(8-15)11(3)7-12(4)16-14/h7,10H,5-6,8-9H2,1-4H3. The van der Waals surface area contributed by atoms with Crippen LogP contribution in [0.5, 0.6) is 5.88 Å². The van der Waals surface area contributed by atoms with Crippen molar-refractivity contribution in [2.24, 2.45) is 5.92 Å². The number of nitrogens with zero attached hydrogens (tertiary/aromatic N) is 1. The molecule has 0 spiro atoms. The third kappa shape index (κ3) is 4.19. The monoisotopic (exact) mass is 255 g/mol. The summed E-state index contributed by atoms with van der Waals surface area (Å²) >= 11 is 5.95. The zero-order valence-corrected chi connectivity index (χ0v) is 12.0. The van der Waals surface area contributed by atoms with Crippen LogP contribution < -0.4 is 4.74 Å². The second-order valence-corrected chi connectivity index (χ2v) is 4.97. The molecule has 0 saturated heterocycles. The molecule has 1 aromatic rings. The van der Waals surface area contributed by atoms with Crippen LogP contribution in [-0.2, 0) is 5.88 Å². The first-order valence-electron chi connectivity index (χ1n) is 6.24. The number of aromatic nitrogens is 1. The third-order valence-corrected chi connectivity index (χ3v) is 3.12. The number of aryl methyl sites for hydroxylation is 2. The minimum absolute atomic E-state index is 0.455. The van der Waals surface area contributed by atoms with Gasteiger partial charge in [-0.05, 0) is 37.8 Å². The first kappa shape index (κ1) is 14.3. The van der Waals surface area contributed by atoms with Crippen molar-refractivity contribution in [2.45, 2.75) is 46.4 Å². The maximum absolute atomic E-state index is 5.95. The molecule has 0 amide bonds. The third-order valence-electron chi connectivity index (χ3n) is 2.86. The second kappa shape index (κ2) is 6.85. The molecular formula is C14H22ClNO. The number of alkyl halides is 1. The van der Waals surface area contributed by atoms with Gasteiger partial charge in [-0.25, -0.2) is 4.98 Å². The summed E-state index contributed by atoms with van der Waals surface area (Å²) in [6, 6.07) is 2.04. The topological polar surface area (TPSA) is 22.1 Å². The molecule has 0 aliphatic rings. The Balaban J connectivity index is 2.75. The van der Waals surface area contributed by atoms with E-state index in [9.17, 15) is 0 Å². The van der Waals surface area contributed by atoms with E-state index >= 15 is 0 Å². The molecule has 0 aliphatic carbocycles. The molecule has 17 heavy (non-hydrogen) atoms. The van der Waals surface area contributed by atoms with Gasteiger partial charge in [-0.2, -0.15) is 0 Å². The Kier molecular flexibility index (Phi) is 5.76. The highest BCUT2D eigenvalue weighted by atomic mass is 35.5. The Labute approximate surface area is 109 Å². The van der Waals surface area contributed by atoms with E-state index in [1.807, 2.05) is 13.0 Å². The fraction of sp³-hybridized carbons (Fsp3) is 0.643. The zero-order chi connectivity index (χ0) is 12.8. The molecule has 1 heterocycles. The summed E-state index contributed by atoms with van der Waals surface area (Å²) in [7, 11) is 0. The highest BCUT2D eigenvalue weighted by molar-refractivity contribution is 6.17. The molecule has 0 saturated carbocycles. The largest absolute Gasteiger partial charge is 0.477 e. The first-order chi connectivity index (χ1) is 8.08. The Morgan fingerprint density at radius 1 is 1.41 bits per heavy atom. The predicted molar refractivity (Wildman–Crippen MR) is 72.8 cm³/mol. The van der Waals surface area contributed by atoms with Crippen molar-refractivity contribution in [2.75, 3.05) is 6.61 Å². The normalized spacial score (nSPS) is 12.5. The summed E-state index contributed by atoms with van der Waals surface area (Å²) in [5.41, 5.74) is 3.15. The molecule has 96 valence electrons. The van der Waals surface area contributed by atoms with Crippen LogP contribution in [0, 0.1) is 19.8 Å². The van der Waals surface area contributed by atoms with Crippen LogP contribution in [0.2, 0.25) is 0 Å². The minimum atomic E-state index is 0.455. The van der Waals surface area contributed by atoms with Gasteiger partial charge >= 0.3 is 0 Å². The van der Waals surface area contributed by atoms with Crippen molar-refractivity contribution in [3.05, 3.63) is 22.9 Å². The number of rotatable bonds is 6. The number of pyridine rings is 1. The molecule has 1 rings (SSSR count). The van der Waals surface area contributed by atoms with Gasteiger partial charge in [0.15, 0.2) is 0 Å². The average Bonchev–Trinajstić information content (AvgIpc) is 2.26. The first-order valence-corrected chi connectivity index (χ1v) is 6.77. The quantitative estimate of drug-likeness (QED) is 0.709. The second-order valence-electron chi connectivity index (χ2n) is 4.70. The van der Waals surface area contributed by atoms with Gasteiger partial charge in [0.2, 0.25) is 5.88 Å². The van der Waals surface area contributed by atoms with Crippen LogP contribution in [0.4, 0.5) is 0 Å². The van der Waals surface area contributed by atoms with Gasteiger partial charge in [0.25, 0.3) is 0 Å². The number of hydrogen-bond acceptors (Lipinski definition) is 2. The summed E-state index contributed by atoms with van der Waals surface area (Å²) in [6.07, 6.45) is 2.37. The zero-order valence-electron chi connectivity index (χ0n) is 11.2. The highest BCUT2D eigenvalue weighted by Crippen LogP contribution is 2.23. The summed E-state index contributed by atoms with van der Waals surface area (Å²) in [6.45, 7) is 9.14. The fourth-order valence-electron chi connectivity index (χ4n) is 1.91. The maximum Gasteiger partial charge on any atom is 0.218 e. The van der Waals surface area contributed by atoms with Crippen molar-refractivity contribution in [3.63, 3.8) is 0 Å². The van der Waals surface area contributed by atoms with E-state index in [-0.39, 0.29) is 0 Å². The predicted octanol–water partition coefficient (Wildman–Crippen LogP) is 4.25. The lowest BCUT2D eigenvalue weighted by Crippen LogP contribution is -2.11. The summed E-state index contributed by atoms with van der Waals surface area (Å²) in [5.74, 6) is 1.72. The van der Waals surface area contributed by atoms with Gasteiger partial charge in [-0.15, -0.1) is 11.6 Å². The summed E-state index contributed by atoms with van der Waals surface area (Å²) in [4.78, 5) is 4.43. The lowest BCUT2D eigenvalue weighted by atomic mass is 10.1. The SMILES string of the molecule is CCCC(C)COc1nc(C)cc(C)c1CCl. The lowest BCUT2D eigenvalue weighted by Gasteiger charge is -2.15. The molecule has 0 radical (unpaired) electrons. The van der Waals surface area contributed by atoms with Gasteiger partial charge < -0.3 is 4.74 Å². The molecular weight excluding hydrogens is 234 g/mol. The minimum Gasteiger partial charge on any atom is -0.477 e. The fourth-order valence-corrected chi connectivity index (χ4v) is 2.23. The molecule has 3 heteroatoms. The highest BCUT2D eigenvalue weighted by Gasteiger charge is 2.10. The van der Waals surface area contributed by atoms with Crippen LogP contribution >= 0.6 is 11.6 Å². The van der Waals surface area contributed by atoms with Crippen LogP contribution in [-0.4, -0.2) is 11.6 Å². The van der Waals surface area contributed by atoms with E-state index in [4.69, 9.17) is 16.3 Å². The molecule has 1 aromatic heterocycles.